The second-order valence-corrected chi connectivity index (χ2v) is 6.06. The third kappa shape index (κ3) is 5.12. The lowest BCUT2D eigenvalue weighted by Crippen LogP contribution is -2.38. The summed E-state index contributed by atoms with van der Waals surface area (Å²) in [5, 5.41) is 6.08. The van der Waals surface area contributed by atoms with E-state index < -0.39 is 6.04 Å². The van der Waals surface area contributed by atoms with Gasteiger partial charge in [-0.2, -0.15) is 0 Å². The van der Waals surface area contributed by atoms with Crippen LogP contribution in [0.1, 0.15) is 18.1 Å². The van der Waals surface area contributed by atoms with Crippen molar-refractivity contribution in [3.05, 3.63) is 53.3 Å². The minimum Gasteiger partial charge on any atom is -0.493 e. The number of hydrogen-bond acceptors (Lipinski definition) is 4. The number of benzene rings is 2. The number of aryl methyl sites for hydroxylation is 1. The SMILES string of the molecule is COc1cc(C)c(N[C@H](C)C(=O)NCCc2ccc(F)cc2)cc1OC. The highest BCUT2D eigenvalue weighted by atomic mass is 19.1. The molecule has 2 N–H and O–H groups in total. The van der Waals surface area contributed by atoms with Crippen molar-refractivity contribution in [3.63, 3.8) is 0 Å². The number of carbonyl (C=O) groups excluding carboxylic acids is 1. The third-order valence-electron chi connectivity index (χ3n) is 4.12. The van der Waals surface area contributed by atoms with E-state index in [9.17, 15) is 9.18 Å². The van der Waals surface area contributed by atoms with Gasteiger partial charge in [0.2, 0.25) is 5.91 Å². The first-order valence-electron chi connectivity index (χ1n) is 8.46. The van der Waals surface area contributed by atoms with Crippen molar-refractivity contribution in [1.82, 2.24) is 5.32 Å². The van der Waals surface area contributed by atoms with E-state index in [0.717, 1.165) is 16.8 Å². The Bertz CT molecular complexity index is 747. The molecule has 2 aromatic rings. The molecule has 2 aromatic carbocycles. The molecule has 0 radical (unpaired) electrons. The van der Waals surface area contributed by atoms with E-state index in [2.05, 4.69) is 10.6 Å². The minimum atomic E-state index is -0.417. The quantitative estimate of drug-likeness (QED) is 0.758. The summed E-state index contributed by atoms with van der Waals surface area (Å²) < 4.78 is 23.5. The largest absolute Gasteiger partial charge is 0.493 e. The van der Waals surface area contributed by atoms with Crippen molar-refractivity contribution in [3.8, 4) is 11.5 Å². The Kier molecular flexibility index (Phi) is 6.83. The van der Waals surface area contributed by atoms with Gasteiger partial charge in [-0.25, -0.2) is 4.39 Å². The van der Waals surface area contributed by atoms with E-state index in [0.29, 0.717) is 24.5 Å². The van der Waals surface area contributed by atoms with Gasteiger partial charge in [0.15, 0.2) is 11.5 Å². The summed E-state index contributed by atoms with van der Waals surface area (Å²) in [7, 11) is 3.16. The Morgan fingerprint density at radius 1 is 1.12 bits per heavy atom. The molecule has 0 spiro atoms. The first-order chi connectivity index (χ1) is 12.4. The summed E-state index contributed by atoms with van der Waals surface area (Å²) in [6.45, 7) is 4.22. The highest BCUT2D eigenvalue weighted by Crippen LogP contribution is 2.33. The molecule has 1 amide bonds. The number of ether oxygens (including phenoxy) is 2. The summed E-state index contributed by atoms with van der Waals surface area (Å²) >= 11 is 0. The van der Waals surface area contributed by atoms with Gasteiger partial charge in [0, 0.05) is 18.3 Å². The van der Waals surface area contributed by atoms with Crippen molar-refractivity contribution in [2.24, 2.45) is 0 Å². The van der Waals surface area contributed by atoms with Gasteiger partial charge in [-0.1, -0.05) is 12.1 Å². The summed E-state index contributed by atoms with van der Waals surface area (Å²) in [6, 6.07) is 9.53. The lowest BCUT2D eigenvalue weighted by Gasteiger charge is -2.19. The zero-order valence-electron chi connectivity index (χ0n) is 15.6. The third-order valence-corrected chi connectivity index (χ3v) is 4.12. The molecule has 0 aliphatic heterocycles. The van der Waals surface area contributed by atoms with Crippen molar-refractivity contribution in [1.29, 1.82) is 0 Å². The van der Waals surface area contributed by atoms with Crippen LogP contribution in [0.4, 0.5) is 10.1 Å². The van der Waals surface area contributed by atoms with E-state index in [1.54, 1.807) is 33.3 Å². The fourth-order valence-electron chi connectivity index (χ4n) is 2.57. The molecule has 0 aliphatic rings. The summed E-state index contributed by atoms with van der Waals surface area (Å²) in [6.07, 6.45) is 0.647. The van der Waals surface area contributed by atoms with Crippen LogP contribution in [0.3, 0.4) is 0 Å². The molecular weight excluding hydrogens is 335 g/mol. The molecule has 5 nitrogen and oxygen atoms in total. The monoisotopic (exact) mass is 360 g/mol. The summed E-state index contributed by atoms with van der Waals surface area (Å²) in [5.74, 6) is 0.874. The van der Waals surface area contributed by atoms with Crippen molar-refractivity contribution in [2.45, 2.75) is 26.3 Å². The van der Waals surface area contributed by atoms with E-state index in [-0.39, 0.29) is 11.7 Å². The Balaban J connectivity index is 1.91. The fraction of sp³-hybridized carbons (Fsp3) is 0.350. The average Bonchev–Trinajstić information content (AvgIpc) is 2.64. The molecule has 0 bridgehead atoms. The van der Waals surface area contributed by atoms with Gasteiger partial charge in [-0.15, -0.1) is 0 Å². The zero-order chi connectivity index (χ0) is 19.1. The minimum absolute atomic E-state index is 0.110. The Labute approximate surface area is 153 Å². The number of rotatable bonds is 8. The first-order valence-corrected chi connectivity index (χ1v) is 8.46. The second-order valence-electron chi connectivity index (χ2n) is 6.06. The first kappa shape index (κ1) is 19.6. The fourth-order valence-corrected chi connectivity index (χ4v) is 2.57. The average molecular weight is 360 g/mol. The normalized spacial score (nSPS) is 11.6. The maximum Gasteiger partial charge on any atom is 0.242 e. The Morgan fingerprint density at radius 2 is 1.73 bits per heavy atom. The molecule has 140 valence electrons. The summed E-state index contributed by atoms with van der Waals surface area (Å²) in [5.41, 5.74) is 2.74. The standard InChI is InChI=1S/C20H25FN2O3/c1-13-11-18(25-3)19(26-4)12-17(13)23-14(2)20(24)22-10-9-15-5-7-16(21)8-6-15/h5-8,11-12,14,23H,9-10H2,1-4H3,(H,22,24)/t14-/m1/s1. The van der Waals surface area contributed by atoms with Gasteiger partial charge in [-0.05, 0) is 49.6 Å². The van der Waals surface area contributed by atoms with Crippen LogP contribution in [-0.2, 0) is 11.2 Å². The van der Waals surface area contributed by atoms with Crippen LogP contribution in [0.15, 0.2) is 36.4 Å². The number of nitrogens with one attached hydrogen (secondary N) is 2. The maximum atomic E-state index is 12.9. The van der Waals surface area contributed by atoms with Crippen molar-refractivity contribution in [2.75, 3.05) is 26.1 Å². The van der Waals surface area contributed by atoms with E-state index >= 15 is 0 Å². The Morgan fingerprint density at radius 3 is 2.35 bits per heavy atom. The van der Waals surface area contributed by atoms with Gasteiger partial charge in [0.1, 0.15) is 11.9 Å². The lowest BCUT2D eigenvalue weighted by molar-refractivity contribution is -0.121. The Hall–Kier alpha value is -2.76. The van der Waals surface area contributed by atoms with E-state index in [1.807, 2.05) is 19.1 Å². The number of carbonyl (C=O) groups is 1. The van der Waals surface area contributed by atoms with Crippen LogP contribution in [0, 0.1) is 12.7 Å². The predicted molar refractivity (Wildman–Crippen MR) is 100 cm³/mol. The number of halogens is 1. The number of methoxy groups -OCH3 is 2. The lowest BCUT2D eigenvalue weighted by atomic mass is 10.1. The zero-order valence-corrected chi connectivity index (χ0v) is 15.6. The van der Waals surface area contributed by atoms with E-state index in [1.165, 1.54) is 12.1 Å². The van der Waals surface area contributed by atoms with Gasteiger partial charge in [0.25, 0.3) is 0 Å². The molecule has 0 saturated heterocycles. The van der Waals surface area contributed by atoms with E-state index in [4.69, 9.17) is 9.47 Å². The molecule has 2 rings (SSSR count). The van der Waals surface area contributed by atoms with Crippen molar-refractivity contribution < 1.29 is 18.7 Å². The van der Waals surface area contributed by atoms with Gasteiger partial charge in [-0.3, -0.25) is 4.79 Å². The smallest absolute Gasteiger partial charge is 0.242 e. The van der Waals surface area contributed by atoms with Gasteiger partial charge >= 0.3 is 0 Å². The van der Waals surface area contributed by atoms with Crippen molar-refractivity contribution >= 4 is 11.6 Å². The summed E-state index contributed by atoms with van der Waals surface area (Å²) in [4.78, 5) is 12.3. The van der Waals surface area contributed by atoms with Crippen LogP contribution in [0.5, 0.6) is 11.5 Å². The molecule has 0 heterocycles. The molecule has 26 heavy (non-hydrogen) atoms. The van der Waals surface area contributed by atoms with Crippen LogP contribution in [-0.4, -0.2) is 32.7 Å². The molecule has 0 aliphatic carbocycles. The second kappa shape index (κ2) is 9.08. The van der Waals surface area contributed by atoms with Crippen LogP contribution >= 0.6 is 0 Å². The molecule has 0 unspecified atom stereocenters. The van der Waals surface area contributed by atoms with Crippen LogP contribution in [0.25, 0.3) is 0 Å². The van der Waals surface area contributed by atoms with Crippen LogP contribution in [0.2, 0.25) is 0 Å². The molecular formula is C20H25FN2O3. The highest BCUT2D eigenvalue weighted by Gasteiger charge is 2.15. The molecule has 0 saturated carbocycles. The number of hydrogen-bond donors (Lipinski definition) is 2. The number of anilines is 1. The topological polar surface area (TPSA) is 59.6 Å². The van der Waals surface area contributed by atoms with Gasteiger partial charge < -0.3 is 20.1 Å². The molecule has 6 heteroatoms. The maximum absolute atomic E-state index is 12.9. The molecule has 0 fully saturated rings. The molecule has 0 aromatic heterocycles. The predicted octanol–water partition coefficient (Wildman–Crippen LogP) is 3.31. The van der Waals surface area contributed by atoms with Crippen LogP contribution < -0.4 is 20.1 Å². The highest BCUT2D eigenvalue weighted by molar-refractivity contribution is 5.84. The molecule has 1 atom stereocenters. The van der Waals surface area contributed by atoms with Gasteiger partial charge in [0.05, 0.1) is 14.2 Å². The number of amides is 1.